The smallest absolute Gasteiger partial charge is 0.387 e. The number of benzene rings is 2. The van der Waals surface area contributed by atoms with Crippen molar-refractivity contribution in [3.63, 3.8) is 0 Å². The number of halogens is 3. The number of alkyl halides is 2. The van der Waals surface area contributed by atoms with Crippen molar-refractivity contribution in [1.82, 2.24) is 4.90 Å². The van der Waals surface area contributed by atoms with Crippen molar-refractivity contribution < 1.29 is 27.4 Å². The quantitative estimate of drug-likeness (QED) is 0.669. The molecule has 0 aromatic heterocycles. The Balaban J connectivity index is 1.88. The number of nitrogens with zero attached hydrogens (tertiary/aromatic N) is 1. The Kier molecular flexibility index (Phi) is 6.11. The number of likely N-dealkylation sites (tertiary alicyclic amines) is 1. The van der Waals surface area contributed by atoms with E-state index in [0.717, 1.165) is 5.56 Å². The van der Waals surface area contributed by atoms with Crippen LogP contribution in [0.1, 0.15) is 37.4 Å². The highest BCUT2D eigenvalue weighted by Gasteiger charge is 2.40. The molecule has 1 fully saturated rings. The van der Waals surface area contributed by atoms with Crippen LogP contribution >= 0.6 is 0 Å². The first-order valence-corrected chi connectivity index (χ1v) is 9.16. The van der Waals surface area contributed by atoms with Crippen LogP contribution in [0.2, 0.25) is 0 Å². The maximum atomic E-state index is 14.7. The van der Waals surface area contributed by atoms with Gasteiger partial charge in [-0.05, 0) is 43.2 Å². The predicted octanol–water partition coefficient (Wildman–Crippen LogP) is 4.94. The first kappa shape index (κ1) is 20.0. The maximum absolute atomic E-state index is 14.7. The fraction of sp³-hybridized carbons (Fsp3) is 0.381. The van der Waals surface area contributed by atoms with Gasteiger partial charge in [-0.25, -0.2) is 4.39 Å². The second-order valence-electron chi connectivity index (χ2n) is 6.73. The van der Waals surface area contributed by atoms with E-state index >= 15 is 0 Å². The summed E-state index contributed by atoms with van der Waals surface area (Å²) in [6, 6.07) is 10.3. The van der Waals surface area contributed by atoms with Crippen LogP contribution in [0.15, 0.2) is 42.5 Å². The molecule has 28 heavy (non-hydrogen) atoms. The molecule has 150 valence electrons. The number of rotatable bonds is 7. The normalized spacial score (nSPS) is 19.4. The molecule has 0 N–H and O–H groups in total. The predicted molar refractivity (Wildman–Crippen MR) is 97.7 cm³/mol. The zero-order valence-corrected chi connectivity index (χ0v) is 15.7. The van der Waals surface area contributed by atoms with E-state index in [2.05, 4.69) is 4.74 Å². The number of hydrogen-bond acceptors (Lipinski definition) is 3. The largest absolute Gasteiger partial charge is 0.493 e. The molecule has 3 rings (SSSR count). The second-order valence-corrected chi connectivity index (χ2v) is 6.73. The van der Waals surface area contributed by atoms with Crippen molar-refractivity contribution in [2.45, 2.75) is 39.5 Å². The van der Waals surface area contributed by atoms with E-state index in [0.29, 0.717) is 24.3 Å². The molecule has 2 unspecified atom stereocenters. The van der Waals surface area contributed by atoms with Gasteiger partial charge in [0.2, 0.25) is 5.91 Å². The molecule has 1 aliphatic heterocycles. The molecule has 0 aliphatic carbocycles. The average Bonchev–Trinajstić information content (AvgIpc) is 2.91. The molecule has 0 spiro atoms. The highest BCUT2D eigenvalue weighted by atomic mass is 19.3. The average molecular weight is 393 g/mol. The molecule has 1 aliphatic rings. The van der Waals surface area contributed by atoms with Crippen molar-refractivity contribution in [3.05, 3.63) is 59.4 Å². The second kappa shape index (κ2) is 8.54. The Morgan fingerprint density at radius 1 is 1.18 bits per heavy atom. The van der Waals surface area contributed by atoms with Crippen LogP contribution in [0.25, 0.3) is 0 Å². The van der Waals surface area contributed by atoms with E-state index in [1.54, 1.807) is 29.2 Å². The van der Waals surface area contributed by atoms with Gasteiger partial charge in [0, 0.05) is 12.5 Å². The Bertz CT molecular complexity index is 826. The van der Waals surface area contributed by atoms with Crippen LogP contribution < -0.4 is 9.47 Å². The van der Waals surface area contributed by atoms with Gasteiger partial charge in [0.25, 0.3) is 0 Å². The Morgan fingerprint density at radius 2 is 1.89 bits per heavy atom. The molecule has 1 heterocycles. The van der Waals surface area contributed by atoms with Crippen molar-refractivity contribution in [3.8, 4) is 11.5 Å². The van der Waals surface area contributed by atoms with E-state index < -0.39 is 18.5 Å². The van der Waals surface area contributed by atoms with E-state index in [1.165, 1.54) is 18.2 Å². The van der Waals surface area contributed by atoms with Gasteiger partial charge < -0.3 is 14.4 Å². The molecular weight excluding hydrogens is 371 g/mol. The first-order valence-electron chi connectivity index (χ1n) is 9.16. The minimum absolute atomic E-state index is 0.0455. The first-order chi connectivity index (χ1) is 13.4. The van der Waals surface area contributed by atoms with Crippen LogP contribution in [-0.4, -0.2) is 24.0 Å². The van der Waals surface area contributed by atoms with Gasteiger partial charge in [-0.2, -0.15) is 8.78 Å². The molecule has 7 heteroatoms. The van der Waals surface area contributed by atoms with Gasteiger partial charge in [0.15, 0.2) is 0 Å². The number of carbonyl (C=O) groups is 1. The van der Waals surface area contributed by atoms with Gasteiger partial charge in [0.05, 0.1) is 18.2 Å². The van der Waals surface area contributed by atoms with Gasteiger partial charge >= 0.3 is 6.61 Å². The van der Waals surface area contributed by atoms with Crippen LogP contribution in [0.5, 0.6) is 11.5 Å². The van der Waals surface area contributed by atoms with Gasteiger partial charge in [-0.1, -0.05) is 25.1 Å². The fourth-order valence-corrected chi connectivity index (χ4v) is 3.56. The summed E-state index contributed by atoms with van der Waals surface area (Å²) < 4.78 is 49.2. The zero-order valence-electron chi connectivity index (χ0n) is 15.7. The highest BCUT2D eigenvalue weighted by Crippen LogP contribution is 2.42. The number of amides is 1. The summed E-state index contributed by atoms with van der Waals surface area (Å²) in [5, 5.41) is 0. The monoisotopic (exact) mass is 393 g/mol. The van der Waals surface area contributed by atoms with Crippen molar-refractivity contribution in [1.29, 1.82) is 0 Å². The molecule has 0 saturated carbocycles. The van der Waals surface area contributed by atoms with Gasteiger partial charge in [-0.3, -0.25) is 4.79 Å². The molecule has 0 bridgehead atoms. The summed E-state index contributed by atoms with van der Waals surface area (Å²) >= 11 is 0. The third-order valence-electron chi connectivity index (χ3n) is 4.81. The molecule has 2 aromatic carbocycles. The Labute approximate surface area is 161 Å². The van der Waals surface area contributed by atoms with Crippen molar-refractivity contribution in [2.75, 3.05) is 6.61 Å². The van der Waals surface area contributed by atoms with Gasteiger partial charge in [-0.15, -0.1) is 0 Å². The summed E-state index contributed by atoms with van der Waals surface area (Å²) in [5.74, 6) is -0.267. The third-order valence-corrected chi connectivity index (χ3v) is 4.81. The van der Waals surface area contributed by atoms with Crippen molar-refractivity contribution >= 4 is 5.91 Å². The maximum Gasteiger partial charge on any atom is 0.387 e. The molecular formula is C21H22F3NO3. The summed E-state index contributed by atoms with van der Waals surface area (Å²) in [4.78, 5) is 14.3. The molecule has 4 nitrogen and oxygen atoms in total. The molecule has 0 radical (unpaired) electrons. The molecule has 1 amide bonds. The lowest BCUT2D eigenvalue weighted by Gasteiger charge is -2.27. The minimum Gasteiger partial charge on any atom is -0.493 e. The lowest BCUT2D eigenvalue weighted by Crippen LogP contribution is -2.29. The SMILES string of the molecule is CCOc1cccc(F)c1C1CC(C)C(=O)N1Cc1ccc(OC(F)F)cc1. The standard InChI is InChI=1S/C21H22F3NO3/c1-3-27-18-6-4-5-16(22)19(18)17-11-13(2)20(26)25(17)12-14-7-9-15(10-8-14)28-21(23)24/h4-10,13,17,21H,3,11-12H2,1-2H3. The molecule has 2 atom stereocenters. The van der Waals surface area contributed by atoms with Crippen LogP contribution in [0.3, 0.4) is 0 Å². The van der Waals surface area contributed by atoms with Crippen LogP contribution in [0.4, 0.5) is 13.2 Å². The van der Waals surface area contributed by atoms with E-state index in [1.807, 2.05) is 13.8 Å². The topological polar surface area (TPSA) is 38.8 Å². The lowest BCUT2D eigenvalue weighted by molar-refractivity contribution is -0.132. The summed E-state index contributed by atoms with van der Waals surface area (Å²) in [5.41, 5.74) is 1.11. The Hall–Kier alpha value is -2.70. The van der Waals surface area contributed by atoms with Crippen LogP contribution in [0, 0.1) is 11.7 Å². The number of hydrogen-bond donors (Lipinski definition) is 0. The summed E-state index contributed by atoms with van der Waals surface area (Å²) in [7, 11) is 0. The summed E-state index contributed by atoms with van der Waals surface area (Å²) in [6.07, 6.45) is 0.479. The molecule has 2 aromatic rings. The summed E-state index contributed by atoms with van der Waals surface area (Å²) in [6.45, 7) is 1.36. The minimum atomic E-state index is -2.89. The Morgan fingerprint density at radius 3 is 2.54 bits per heavy atom. The zero-order chi connectivity index (χ0) is 20.3. The molecule has 1 saturated heterocycles. The fourth-order valence-electron chi connectivity index (χ4n) is 3.56. The van der Waals surface area contributed by atoms with Gasteiger partial charge in [0.1, 0.15) is 17.3 Å². The van der Waals surface area contributed by atoms with Crippen LogP contribution in [-0.2, 0) is 11.3 Å². The third kappa shape index (κ3) is 4.24. The number of carbonyl (C=O) groups excluding carboxylic acids is 1. The lowest BCUT2D eigenvalue weighted by atomic mass is 9.99. The number of ether oxygens (including phenoxy) is 2. The highest BCUT2D eigenvalue weighted by molar-refractivity contribution is 5.81. The van der Waals surface area contributed by atoms with E-state index in [9.17, 15) is 18.0 Å². The van der Waals surface area contributed by atoms with Crippen molar-refractivity contribution in [2.24, 2.45) is 5.92 Å². The van der Waals surface area contributed by atoms with E-state index in [4.69, 9.17) is 4.74 Å². The van der Waals surface area contributed by atoms with E-state index in [-0.39, 0.29) is 24.1 Å².